The van der Waals surface area contributed by atoms with Gasteiger partial charge >= 0.3 is 23.9 Å². The van der Waals surface area contributed by atoms with E-state index in [1.807, 2.05) is 20.1 Å². The van der Waals surface area contributed by atoms with Crippen LogP contribution in [0.25, 0.3) is 0 Å². The third kappa shape index (κ3) is 24.1. The lowest BCUT2D eigenvalue weighted by molar-refractivity contribution is -0.141. The second kappa shape index (κ2) is 18.5. The molecule has 11 nitrogen and oxygen atoms in total. The molecule has 0 fully saturated rings. The van der Waals surface area contributed by atoms with E-state index in [0.29, 0.717) is 18.8 Å². The van der Waals surface area contributed by atoms with Gasteiger partial charge in [-0.1, -0.05) is 13.8 Å². The van der Waals surface area contributed by atoms with Gasteiger partial charge in [0.1, 0.15) is 18.1 Å². The van der Waals surface area contributed by atoms with Crippen molar-refractivity contribution < 1.29 is 39.6 Å². The molecule has 0 bridgehead atoms. The standard InChI is InChI=1S/C6H13NO2.C5H9NO4.C5H11NO2S/c1-4(2)3-5(7)6(8)9;6-3(5(9)10)1-2-4(7)8;1-9-3-2-4(6)5(7)8/h4-5H,3,7H2,1-2H3,(H,8,9);3H,1-2,6H2,(H,7,8)(H,9,10);4H,2-3,6H2,1H3,(H,7,8). The van der Waals surface area contributed by atoms with Gasteiger partial charge in [0.2, 0.25) is 0 Å². The SMILES string of the molecule is CC(C)CC(N)C(=O)O.CSCCC(N)C(=O)O.NC(CCC(=O)O)C(=O)O. The van der Waals surface area contributed by atoms with E-state index in [-0.39, 0.29) is 12.8 Å². The predicted octanol–water partition coefficient (Wildman–Crippen LogP) is -0.141. The molecular formula is C16H33N3O8S. The van der Waals surface area contributed by atoms with Gasteiger partial charge in [0.05, 0.1) is 0 Å². The zero-order valence-corrected chi connectivity index (χ0v) is 17.2. The van der Waals surface area contributed by atoms with Crippen molar-refractivity contribution in [3.8, 4) is 0 Å². The minimum Gasteiger partial charge on any atom is -0.481 e. The summed E-state index contributed by atoms with van der Waals surface area (Å²) < 4.78 is 0. The Kier molecular flexibility index (Phi) is 20.3. The van der Waals surface area contributed by atoms with Gasteiger partial charge in [0.25, 0.3) is 0 Å². The molecule has 0 radical (unpaired) electrons. The molecule has 0 heterocycles. The lowest BCUT2D eigenvalue weighted by atomic mass is 10.1. The maximum atomic E-state index is 10.1. The van der Waals surface area contributed by atoms with Crippen LogP contribution in [-0.2, 0) is 19.2 Å². The first-order valence-corrected chi connectivity index (χ1v) is 9.81. The molecule has 0 aliphatic heterocycles. The summed E-state index contributed by atoms with van der Waals surface area (Å²) in [5, 5.41) is 32.9. The Bertz CT molecular complexity index is 477. The van der Waals surface area contributed by atoms with Crippen LogP contribution in [0.3, 0.4) is 0 Å². The number of carbonyl (C=O) groups is 4. The Morgan fingerprint density at radius 3 is 1.43 bits per heavy atom. The van der Waals surface area contributed by atoms with Crippen LogP contribution in [0.5, 0.6) is 0 Å². The Labute approximate surface area is 168 Å². The number of aliphatic carboxylic acids is 4. The van der Waals surface area contributed by atoms with Crippen molar-refractivity contribution in [1.29, 1.82) is 0 Å². The van der Waals surface area contributed by atoms with Crippen LogP contribution in [0.2, 0.25) is 0 Å². The first kappa shape index (κ1) is 30.8. The summed E-state index contributed by atoms with van der Waals surface area (Å²) in [7, 11) is 0. The van der Waals surface area contributed by atoms with Gasteiger partial charge in [0.15, 0.2) is 0 Å². The highest BCUT2D eigenvalue weighted by atomic mass is 32.2. The second-order valence-electron chi connectivity index (χ2n) is 6.18. The lowest BCUT2D eigenvalue weighted by Gasteiger charge is -2.07. The summed E-state index contributed by atoms with van der Waals surface area (Å²) >= 11 is 1.60. The van der Waals surface area contributed by atoms with Gasteiger partial charge in [0, 0.05) is 6.42 Å². The number of rotatable bonds is 11. The topological polar surface area (TPSA) is 227 Å². The highest BCUT2D eigenvalue weighted by molar-refractivity contribution is 7.98. The Hall–Kier alpha value is -1.89. The summed E-state index contributed by atoms with van der Waals surface area (Å²) in [5.41, 5.74) is 15.4. The van der Waals surface area contributed by atoms with Crippen LogP contribution >= 0.6 is 11.8 Å². The number of nitrogens with two attached hydrogens (primary N) is 3. The van der Waals surface area contributed by atoms with Crippen LogP contribution in [0.15, 0.2) is 0 Å². The maximum absolute atomic E-state index is 10.1. The van der Waals surface area contributed by atoms with E-state index >= 15 is 0 Å². The van der Waals surface area contributed by atoms with Crippen molar-refractivity contribution >= 4 is 35.6 Å². The number of hydrogen-bond donors (Lipinski definition) is 7. The van der Waals surface area contributed by atoms with Crippen molar-refractivity contribution in [2.24, 2.45) is 23.1 Å². The fraction of sp³-hybridized carbons (Fsp3) is 0.750. The van der Waals surface area contributed by atoms with Crippen LogP contribution in [0.4, 0.5) is 0 Å². The van der Waals surface area contributed by atoms with E-state index < -0.39 is 42.0 Å². The van der Waals surface area contributed by atoms with Crippen LogP contribution in [0.1, 0.15) is 39.5 Å². The molecule has 0 aliphatic rings. The zero-order chi connectivity index (χ0) is 22.9. The van der Waals surface area contributed by atoms with Crippen LogP contribution in [-0.4, -0.2) is 74.4 Å². The van der Waals surface area contributed by atoms with E-state index in [1.54, 1.807) is 11.8 Å². The third-order valence-corrected chi connectivity index (χ3v) is 3.62. The fourth-order valence-electron chi connectivity index (χ4n) is 1.38. The third-order valence-electron chi connectivity index (χ3n) is 2.98. The van der Waals surface area contributed by atoms with Crippen LogP contribution < -0.4 is 17.2 Å². The summed E-state index contributed by atoms with van der Waals surface area (Å²) in [5.74, 6) is -2.85. The number of hydrogen-bond acceptors (Lipinski definition) is 8. The molecule has 166 valence electrons. The van der Waals surface area contributed by atoms with Crippen molar-refractivity contribution in [2.75, 3.05) is 12.0 Å². The largest absolute Gasteiger partial charge is 0.481 e. The number of thioether (sulfide) groups is 1. The molecule has 3 unspecified atom stereocenters. The molecule has 0 aromatic rings. The van der Waals surface area contributed by atoms with Gasteiger partial charge < -0.3 is 37.6 Å². The van der Waals surface area contributed by atoms with Gasteiger partial charge in [-0.3, -0.25) is 19.2 Å². The van der Waals surface area contributed by atoms with Crippen molar-refractivity contribution in [3.05, 3.63) is 0 Å². The minimum absolute atomic E-state index is 0.0231. The molecule has 0 saturated carbocycles. The fourth-order valence-corrected chi connectivity index (χ4v) is 1.87. The Morgan fingerprint density at radius 2 is 1.18 bits per heavy atom. The first-order chi connectivity index (χ1) is 12.8. The highest BCUT2D eigenvalue weighted by Gasteiger charge is 2.12. The molecule has 0 spiro atoms. The molecule has 10 N–H and O–H groups in total. The van der Waals surface area contributed by atoms with E-state index in [9.17, 15) is 19.2 Å². The van der Waals surface area contributed by atoms with Crippen molar-refractivity contribution in [3.63, 3.8) is 0 Å². The second-order valence-corrected chi connectivity index (χ2v) is 7.16. The summed E-state index contributed by atoms with van der Waals surface area (Å²) in [6.07, 6.45) is 2.80. The molecule has 12 heteroatoms. The van der Waals surface area contributed by atoms with E-state index in [1.165, 1.54) is 0 Å². The summed E-state index contributed by atoms with van der Waals surface area (Å²) in [6, 6.07) is -2.43. The summed E-state index contributed by atoms with van der Waals surface area (Å²) in [4.78, 5) is 40.1. The molecule has 28 heavy (non-hydrogen) atoms. The monoisotopic (exact) mass is 427 g/mol. The van der Waals surface area contributed by atoms with E-state index in [4.69, 9.17) is 37.6 Å². The normalized spacial score (nSPS) is 13.1. The van der Waals surface area contributed by atoms with E-state index in [0.717, 1.165) is 5.75 Å². The molecule has 0 saturated heterocycles. The van der Waals surface area contributed by atoms with Gasteiger partial charge in [-0.05, 0) is 37.2 Å². The number of carboxylic acid groups (broad SMARTS) is 4. The Morgan fingerprint density at radius 1 is 0.786 bits per heavy atom. The van der Waals surface area contributed by atoms with E-state index in [2.05, 4.69) is 0 Å². The molecular weight excluding hydrogens is 394 g/mol. The highest BCUT2D eigenvalue weighted by Crippen LogP contribution is 2.01. The lowest BCUT2D eigenvalue weighted by Crippen LogP contribution is -2.31. The molecule has 0 aromatic carbocycles. The van der Waals surface area contributed by atoms with Gasteiger partial charge in [-0.25, -0.2) is 0 Å². The van der Waals surface area contributed by atoms with Gasteiger partial charge in [-0.15, -0.1) is 0 Å². The van der Waals surface area contributed by atoms with Crippen molar-refractivity contribution in [1.82, 2.24) is 0 Å². The predicted molar refractivity (Wildman–Crippen MR) is 106 cm³/mol. The molecule has 0 amide bonds. The molecule has 0 aromatic heterocycles. The molecule has 3 atom stereocenters. The molecule has 0 rings (SSSR count). The maximum Gasteiger partial charge on any atom is 0.320 e. The zero-order valence-electron chi connectivity index (χ0n) is 16.4. The van der Waals surface area contributed by atoms with Crippen LogP contribution in [0, 0.1) is 5.92 Å². The van der Waals surface area contributed by atoms with Crippen molar-refractivity contribution in [2.45, 2.75) is 57.7 Å². The minimum atomic E-state index is -1.17. The summed E-state index contributed by atoms with van der Waals surface area (Å²) in [6.45, 7) is 3.89. The van der Waals surface area contributed by atoms with Gasteiger partial charge in [-0.2, -0.15) is 11.8 Å². The number of carboxylic acids is 4. The quantitative estimate of drug-likeness (QED) is 0.228. The average molecular weight is 428 g/mol. The smallest absolute Gasteiger partial charge is 0.320 e. The average Bonchev–Trinajstić information content (AvgIpc) is 2.57. The molecule has 0 aliphatic carbocycles. The first-order valence-electron chi connectivity index (χ1n) is 8.42. The Balaban J connectivity index is -0.000000336.